The molecule has 0 aliphatic heterocycles. The molecular formula is C17H20N4O2S. The molecule has 1 aliphatic carbocycles. The number of carbonyl (C=O) groups is 1. The number of rotatable bonds is 5. The molecule has 0 bridgehead atoms. The number of amides is 1. The monoisotopic (exact) mass is 344 g/mol. The minimum atomic E-state index is -0.526. The largest absolute Gasteiger partial charge is 0.382 e. The molecule has 2 aromatic rings. The number of thiophene rings is 1. The Morgan fingerprint density at radius 1 is 1.33 bits per heavy atom. The molecule has 126 valence electrons. The van der Waals surface area contributed by atoms with Crippen LogP contribution in [0.2, 0.25) is 0 Å². The third kappa shape index (κ3) is 3.41. The van der Waals surface area contributed by atoms with E-state index in [9.17, 15) is 9.59 Å². The lowest BCUT2D eigenvalue weighted by atomic mass is 9.94. The van der Waals surface area contributed by atoms with Gasteiger partial charge in [0.15, 0.2) is 0 Å². The van der Waals surface area contributed by atoms with E-state index in [1.54, 1.807) is 23.7 Å². The number of aromatic nitrogens is 1. The van der Waals surface area contributed by atoms with E-state index in [4.69, 9.17) is 11.1 Å². The summed E-state index contributed by atoms with van der Waals surface area (Å²) in [6.07, 6.45) is 7.35. The number of hydrogen-bond donors (Lipinski definition) is 4. The van der Waals surface area contributed by atoms with Crippen molar-refractivity contribution in [2.45, 2.75) is 38.1 Å². The molecule has 7 heteroatoms. The van der Waals surface area contributed by atoms with Crippen molar-refractivity contribution < 1.29 is 4.79 Å². The highest BCUT2D eigenvalue weighted by Crippen LogP contribution is 2.24. The fourth-order valence-electron chi connectivity index (χ4n) is 3.05. The van der Waals surface area contributed by atoms with Gasteiger partial charge in [0.25, 0.3) is 11.5 Å². The summed E-state index contributed by atoms with van der Waals surface area (Å²) >= 11 is 1.18. The van der Waals surface area contributed by atoms with Crippen LogP contribution in [-0.2, 0) is 0 Å². The van der Waals surface area contributed by atoms with Crippen molar-refractivity contribution in [2.24, 2.45) is 5.73 Å². The smallest absolute Gasteiger partial charge is 0.259 e. The van der Waals surface area contributed by atoms with Gasteiger partial charge in [-0.25, -0.2) is 0 Å². The lowest BCUT2D eigenvalue weighted by Crippen LogP contribution is -2.27. The molecule has 6 nitrogen and oxygen atoms in total. The third-order valence-corrected chi connectivity index (χ3v) is 5.25. The van der Waals surface area contributed by atoms with Crippen LogP contribution in [0.15, 0.2) is 28.5 Å². The van der Waals surface area contributed by atoms with E-state index in [1.165, 1.54) is 30.6 Å². The number of primary amides is 1. The highest BCUT2D eigenvalue weighted by atomic mass is 32.1. The highest BCUT2D eigenvalue weighted by Gasteiger charge is 2.20. The van der Waals surface area contributed by atoms with Gasteiger partial charge in [-0.2, -0.15) is 0 Å². The lowest BCUT2D eigenvalue weighted by molar-refractivity contribution is 0.100. The second kappa shape index (κ2) is 7.00. The van der Waals surface area contributed by atoms with E-state index in [-0.39, 0.29) is 11.3 Å². The molecular weight excluding hydrogens is 324 g/mol. The Kier molecular flexibility index (Phi) is 4.80. The number of pyridine rings is 1. The molecule has 1 saturated carbocycles. The summed E-state index contributed by atoms with van der Waals surface area (Å²) in [4.78, 5) is 26.6. The van der Waals surface area contributed by atoms with Gasteiger partial charge in [0.2, 0.25) is 0 Å². The summed E-state index contributed by atoms with van der Waals surface area (Å²) < 4.78 is 0. The zero-order chi connectivity index (χ0) is 17.1. The SMILES string of the molecule is N=C(c1csc(C(N)=O)c1)c1c(NC2CCCCC2)cc[nH]c1=O. The fraction of sp³-hybridized carbons (Fsp3) is 0.353. The van der Waals surface area contributed by atoms with Crippen molar-refractivity contribution in [2.75, 3.05) is 5.32 Å². The Morgan fingerprint density at radius 3 is 2.75 bits per heavy atom. The van der Waals surface area contributed by atoms with Crippen molar-refractivity contribution in [3.05, 3.63) is 50.1 Å². The number of nitrogens with two attached hydrogens (primary N) is 1. The summed E-state index contributed by atoms with van der Waals surface area (Å²) in [7, 11) is 0. The second-order valence-corrected chi connectivity index (χ2v) is 6.92. The molecule has 0 saturated heterocycles. The third-order valence-electron chi connectivity index (χ3n) is 4.31. The molecule has 2 heterocycles. The normalized spacial score (nSPS) is 15.2. The molecule has 3 rings (SSSR count). The Labute approximate surface area is 143 Å². The Morgan fingerprint density at radius 2 is 2.08 bits per heavy atom. The summed E-state index contributed by atoms with van der Waals surface area (Å²) in [6, 6.07) is 3.68. The summed E-state index contributed by atoms with van der Waals surface area (Å²) in [5.74, 6) is -0.526. The van der Waals surface area contributed by atoms with Gasteiger partial charge in [0.1, 0.15) is 0 Å². The first-order chi connectivity index (χ1) is 11.6. The Bertz CT molecular complexity index is 818. The molecule has 1 amide bonds. The number of anilines is 1. The molecule has 0 aromatic carbocycles. The minimum absolute atomic E-state index is 0.0962. The summed E-state index contributed by atoms with van der Waals surface area (Å²) in [5.41, 5.74) is 6.55. The molecule has 0 radical (unpaired) electrons. The van der Waals surface area contributed by atoms with E-state index >= 15 is 0 Å². The summed E-state index contributed by atoms with van der Waals surface area (Å²) in [5, 5.41) is 13.5. The van der Waals surface area contributed by atoms with Crippen LogP contribution in [0, 0.1) is 5.41 Å². The van der Waals surface area contributed by atoms with Crippen LogP contribution in [0.3, 0.4) is 0 Å². The lowest BCUT2D eigenvalue weighted by Gasteiger charge is -2.25. The molecule has 1 fully saturated rings. The minimum Gasteiger partial charge on any atom is -0.382 e. The first-order valence-electron chi connectivity index (χ1n) is 8.02. The molecule has 0 spiro atoms. The van der Waals surface area contributed by atoms with Gasteiger partial charge in [-0.1, -0.05) is 19.3 Å². The Balaban J connectivity index is 1.92. The van der Waals surface area contributed by atoms with E-state index in [0.29, 0.717) is 27.7 Å². The van der Waals surface area contributed by atoms with Gasteiger partial charge in [0, 0.05) is 23.2 Å². The van der Waals surface area contributed by atoms with E-state index in [1.807, 2.05) is 0 Å². The molecule has 0 unspecified atom stereocenters. The van der Waals surface area contributed by atoms with Crippen LogP contribution in [0.25, 0.3) is 0 Å². The van der Waals surface area contributed by atoms with Crippen molar-refractivity contribution in [3.63, 3.8) is 0 Å². The van der Waals surface area contributed by atoms with Gasteiger partial charge >= 0.3 is 0 Å². The number of carbonyl (C=O) groups excluding carboxylic acids is 1. The average Bonchev–Trinajstić information content (AvgIpc) is 3.06. The zero-order valence-corrected chi connectivity index (χ0v) is 14.0. The van der Waals surface area contributed by atoms with Gasteiger partial charge in [0.05, 0.1) is 21.8 Å². The molecule has 5 N–H and O–H groups in total. The zero-order valence-electron chi connectivity index (χ0n) is 13.2. The molecule has 24 heavy (non-hydrogen) atoms. The van der Waals surface area contributed by atoms with E-state index < -0.39 is 5.91 Å². The number of aromatic amines is 1. The van der Waals surface area contributed by atoms with Crippen molar-refractivity contribution in [3.8, 4) is 0 Å². The van der Waals surface area contributed by atoms with Gasteiger partial charge in [-0.15, -0.1) is 11.3 Å². The van der Waals surface area contributed by atoms with Crippen LogP contribution in [0.1, 0.15) is 52.9 Å². The Hall–Kier alpha value is -2.41. The summed E-state index contributed by atoms with van der Waals surface area (Å²) in [6.45, 7) is 0. The van der Waals surface area contributed by atoms with Crippen LogP contribution in [0.5, 0.6) is 0 Å². The van der Waals surface area contributed by atoms with Gasteiger partial charge < -0.3 is 16.0 Å². The van der Waals surface area contributed by atoms with Crippen molar-refractivity contribution >= 4 is 28.6 Å². The predicted octanol–water partition coefficient (Wildman–Crippen LogP) is 2.70. The number of hydrogen-bond acceptors (Lipinski definition) is 5. The topological polar surface area (TPSA) is 112 Å². The van der Waals surface area contributed by atoms with Crippen LogP contribution in [0.4, 0.5) is 5.69 Å². The second-order valence-electron chi connectivity index (χ2n) is 6.01. The van der Waals surface area contributed by atoms with E-state index in [0.717, 1.165) is 12.8 Å². The predicted molar refractivity (Wildman–Crippen MR) is 96.3 cm³/mol. The van der Waals surface area contributed by atoms with Gasteiger partial charge in [-0.05, 0) is 25.0 Å². The first kappa shape index (κ1) is 16.4. The van der Waals surface area contributed by atoms with Crippen LogP contribution in [-0.4, -0.2) is 22.6 Å². The standard InChI is InChI=1S/C17H20N4O2S/c18-15(10-8-13(16(19)22)24-9-10)14-12(6-7-20-17(14)23)21-11-4-2-1-3-5-11/h6-9,11,18H,1-5H2,(H2,19,22)(H2,20,21,23). The maximum Gasteiger partial charge on any atom is 0.259 e. The molecule has 2 aromatic heterocycles. The van der Waals surface area contributed by atoms with Crippen molar-refractivity contribution in [1.29, 1.82) is 5.41 Å². The highest BCUT2D eigenvalue weighted by molar-refractivity contribution is 7.12. The van der Waals surface area contributed by atoms with Crippen LogP contribution < -0.4 is 16.6 Å². The van der Waals surface area contributed by atoms with E-state index in [2.05, 4.69) is 10.3 Å². The van der Waals surface area contributed by atoms with Crippen molar-refractivity contribution in [1.82, 2.24) is 4.98 Å². The maximum absolute atomic E-state index is 12.3. The van der Waals surface area contributed by atoms with Crippen LogP contribution >= 0.6 is 11.3 Å². The number of nitrogens with one attached hydrogen (secondary N) is 3. The number of H-pyrrole nitrogens is 1. The quantitative estimate of drug-likeness (QED) is 0.626. The fourth-order valence-corrected chi connectivity index (χ4v) is 3.81. The molecule has 1 aliphatic rings. The average molecular weight is 344 g/mol. The molecule has 0 atom stereocenters. The van der Waals surface area contributed by atoms with Gasteiger partial charge in [-0.3, -0.25) is 15.0 Å². The maximum atomic E-state index is 12.3. The first-order valence-corrected chi connectivity index (χ1v) is 8.90.